The Morgan fingerprint density at radius 1 is 1.04 bits per heavy atom. The molecule has 4 rings (SSSR count). The number of hydrazone groups is 1. The van der Waals surface area contributed by atoms with E-state index in [4.69, 9.17) is 0 Å². The van der Waals surface area contributed by atoms with Gasteiger partial charge in [-0.2, -0.15) is 5.10 Å². The lowest BCUT2D eigenvalue weighted by atomic mass is 9.82. The maximum Gasteiger partial charge on any atom is 0.115 e. The summed E-state index contributed by atoms with van der Waals surface area (Å²) in [6.07, 6.45) is 8.27. The first-order chi connectivity index (χ1) is 11.8. The summed E-state index contributed by atoms with van der Waals surface area (Å²) in [5.41, 5.74) is 9.30. The van der Waals surface area contributed by atoms with E-state index in [9.17, 15) is 0 Å². The van der Waals surface area contributed by atoms with Crippen LogP contribution in [0.2, 0.25) is 0 Å². The minimum Gasteiger partial charge on any atom is -0.281 e. The van der Waals surface area contributed by atoms with Crippen molar-refractivity contribution in [1.29, 1.82) is 0 Å². The fourth-order valence-corrected chi connectivity index (χ4v) is 3.65. The van der Waals surface area contributed by atoms with E-state index in [1.54, 1.807) is 6.33 Å². The van der Waals surface area contributed by atoms with Crippen LogP contribution < -0.4 is 5.43 Å². The van der Waals surface area contributed by atoms with Gasteiger partial charge in [-0.25, -0.2) is 9.97 Å². The second-order valence-electron chi connectivity index (χ2n) is 6.74. The van der Waals surface area contributed by atoms with Gasteiger partial charge in [-0.15, -0.1) is 0 Å². The molecule has 1 aliphatic heterocycles. The largest absolute Gasteiger partial charge is 0.281 e. The molecule has 1 saturated carbocycles. The van der Waals surface area contributed by atoms with Crippen LogP contribution in [-0.2, 0) is 0 Å². The van der Waals surface area contributed by atoms with Gasteiger partial charge in [0.25, 0.3) is 0 Å². The molecule has 1 unspecified atom stereocenters. The zero-order valence-electron chi connectivity index (χ0n) is 13.9. The standard InChI is InChI=1S/C20H22N4/c1-14-7-9-16(10-8-14)20-18(17-11-12-21-13-22-17)19(23-24-20)15-5-3-2-4-6-15/h2-6,11-14,18,24H,7-10H2,1H3. The Hall–Kier alpha value is -2.49. The van der Waals surface area contributed by atoms with Crippen LogP contribution >= 0.6 is 0 Å². The summed E-state index contributed by atoms with van der Waals surface area (Å²) < 4.78 is 0. The van der Waals surface area contributed by atoms with Gasteiger partial charge in [0.2, 0.25) is 0 Å². The van der Waals surface area contributed by atoms with Gasteiger partial charge in [0.05, 0.1) is 17.3 Å². The molecule has 0 bridgehead atoms. The predicted octanol–water partition coefficient (Wildman–Crippen LogP) is 4.03. The summed E-state index contributed by atoms with van der Waals surface area (Å²) in [5, 5.41) is 4.69. The average Bonchev–Trinajstić information content (AvgIpc) is 3.09. The van der Waals surface area contributed by atoms with E-state index in [0.717, 1.165) is 35.7 Å². The van der Waals surface area contributed by atoms with E-state index < -0.39 is 0 Å². The lowest BCUT2D eigenvalue weighted by Crippen LogP contribution is -2.18. The molecule has 24 heavy (non-hydrogen) atoms. The van der Waals surface area contributed by atoms with Crippen molar-refractivity contribution in [3.05, 3.63) is 71.4 Å². The Bertz CT molecular complexity index is 755. The fraction of sp³-hybridized carbons (Fsp3) is 0.350. The summed E-state index contributed by atoms with van der Waals surface area (Å²) in [4.78, 5) is 8.61. The molecule has 1 N–H and O–H groups in total. The van der Waals surface area contributed by atoms with Crippen LogP contribution in [0.15, 0.2) is 65.3 Å². The van der Waals surface area contributed by atoms with E-state index in [1.807, 2.05) is 18.3 Å². The topological polar surface area (TPSA) is 50.2 Å². The quantitative estimate of drug-likeness (QED) is 0.909. The van der Waals surface area contributed by atoms with Crippen molar-refractivity contribution in [2.24, 2.45) is 11.0 Å². The summed E-state index contributed by atoms with van der Waals surface area (Å²) >= 11 is 0. The highest BCUT2D eigenvalue weighted by Gasteiger charge is 2.33. The van der Waals surface area contributed by atoms with Gasteiger partial charge >= 0.3 is 0 Å². The second-order valence-corrected chi connectivity index (χ2v) is 6.74. The highest BCUT2D eigenvalue weighted by atomic mass is 15.3. The highest BCUT2D eigenvalue weighted by molar-refractivity contribution is 6.08. The van der Waals surface area contributed by atoms with Crippen LogP contribution in [0.25, 0.3) is 0 Å². The summed E-state index contributed by atoms with van der Waals surface area (Å²) in [5.74, 6) is 0.904. The van der Waals surface area contributed by atoms with Crippen LogP contribution in [0.1, 0.15) is 49.8 Å². The molecule has 1 fully saturated rings. The third kappa shape index (κ3) is 2.84. The van der Waals surface area contributed by atoms with Gasteiger partial charge < -0.3 is 0 Å². The minimum atomic E-state index is 0.0822. The molecule has 122 valence electrons. The van der Waals surface area contributed by atoms with Crippen molar-refractivity contribution in [2.45, 2.75) is 38.5 Å². The molecule has 4 nitrogen and oxygen atoms in total. The molecule has 2 aliphatic rings. The Morgan fingerprint density at radius 3 is 2.54 bits per heavy atom. The minimum absolute atomic E-state index is 0.0822. The van der Waals surface area contributed by atoms with Gasteiger partial charge in [0, 0.05) is 11.9 Å². The lowest BCUT2D eigenvalue weighted by Gasteiger charge is -2.24. The summed E-state index contributed by atoms with van der Waals surface area (Å²) in [6.45, 7) is 2.34. The van der Waals surface area contributed by atoms with Crippen molar-refractivity contribution < 1.29 is 0 Å². The van der Waals surface area contributed by atoms with Crippen molar-refractivity contribution in [3.63, 3.8) is 0 Å². The second kappa shape index (κ2) is 6.56. The monoisotopic (exact) mass is 318 g/mol. The zero-order valence-corrected chi connectivity index (χ0v) is 13.9. The number of benzene rings is 1. The normalized spacial score (nSPS) is 23.8. The molecule has 0 saturated heterocycles. The summed E-state index contributed by atoms with van der Waals surface area (Å²) in [6, 6.07) is 12.4. The number of rotatable bonds is 2. The van der Waals surface area contributed by atoms with Crippen molar-refractivity contribution >= 4 is 5.71 Å². The van der Waals surface area contributed by atoms with E-state index in [0.29, 0.717) is 0 Å². The van der Waals surface area contributed by atoms with Crippen LogP contribution in [0.3, 0.4) is 0 Å². The molecule has 1 aliphatic carbocycles. The van der Waals surface area contributed by atoms with Gasteiger partial charge in [-0.3, -0.25) is 5.43 Å². The molecule has 1 aromatic carbocycles. The number of allylic oxidation sites excluding steroid dienone is 2. The molecule has 2 heterocycles. The van der Waals surface area contributed by atoms with Crippen LogP contribution in [0.4, 0.5) is 0 Å². The third-order valence-corrected chi connectivity index (χ3v) is 5.09. The van der Waals surface area contributed by atoms with Crippen molar-refractivity contribution in [2.75, 3.05) is 0 Å². The first-order valence-corrected chi connectivity index (χ1v) is 8.70. The number of nitrogens with zero attached hydrogens (tertiary/aromatic N) is 3. The Labute approximate surface area is 142 Å². The Kier molecular flexibility index (Phi) is 4.11. The van der Waals surface area contributed by atoms with Crippen molar-refractivity contribution in [3.8, 4) is 0 Å². The molecule has 0 spiro atoms. The Balaban J connectivity index is 1.76. The van der Waals surface area contributed by atoms with Gasteiger partial charge in [0.1, 0.15) is 6.33 Å². The van der Waals surface area contributed by atoms with Gasteiger partial charge in [-0.1, -0.05) is 37.3 Å². The smallest absolute Gasteiger partial charge is 0.115 e. The zero-order chi connectivity index (χ0) is 16.4. The van der Waals surface area contributed by atoms with Crippen LogP contribution in [-0.4, -0.2) is 15.7 Å². The molecular formula is C20H22N4. The van der Waals surface area contributed by atoms with Gasteiger partial charge in [-0.05, 0) is 48.8 Å². The Morgan fingerprint density at radius 2 is 1.83 bits per heavy atom. The summed E-state index contributed by atoms with van der Waals surface area (Å²) in [7, 11) is 0. The van der Waals surface area contributed by atoms with E-state index in [2.05, 4.69) is 51.7 Å². The van der Waals surface area contributed by atoms with Crippen LogP contribution in [0, 0.1) is 5.92 Å². The highest BCUT2D eigenvalue weighted by Crippen LogP contribution is 2.37. The molecule has 2 aromatic rings. The first kappa shape index (κ1) is 15.1. The molecule has 4 heteroatoms. The number of hydrogen-bond donors (Lipinski definition) is 1. The molecule has 1 atom stereocenters. The predicted molar refractivity (Wildman–Crippen MR) is 95.5 cm³/mol. The van der Waals surface area contributed by atoms with Crippen LogP contribution in [0.5, 0.6) is 0 Å². The van der Waals surface area contributed by atoms with E-state index >= 15 is 0 Å². The SMILES string of the molecule is CC1CCC(=C2NN=C(c3ccccc3)C2c2ccncn2)CC1. The maximum atomic E-state index is 4.69. The lowest BCUT2D eigenvalue weighted by molar-refractivity contribution is 0.438. The van der Waals surface area contributed by atoms with Crippen molar-refractivity contribution in [1.82, 2.24) is 15.4 Å². The number of hydrogen-bond acceptors (Lipinski definition) is 4. The fourth-order valence-electron chi connectivity index (χ4n) is 3.65. The average molecular weight is 318 g/mol. The first-order valence-electron chi connectivity index (χ1n) is 8.70. The van der Waals surface area contributed by atoms with E-state index in [1.165, 1.54) is 24.1 Å². The third-order valence-electron chi connectivity index (χ3n) is 5.09. The molecule has 0 radical (unpaired) electrons. The number of nitrogens with one attached hydrogen (secondary N) is 1. The van der Waals surface area contributed by atoms with E-state index in [-0.39, 0.29) is 5.92 Å². The molecule has 1 aromatic heterocycles. The van der Waals surface area contributed by atoms with Gasteiger partial charge in [0.15, 0.2) is 0 Å². The molecule has 0 amide bonds. The number of aromatic nitrogens is 2. The maximum absolute atomic E-state index is 4.69. The molecular weight excluding hydrogens is 296 g/mol.